The normalized spacial score (nSPS) is 16.6. The zero-order chi connectivity index (χ0) is 21.2. The van der Waals surface area contributed by atoms with Gasteiger partial charge in [0.15, 0.2) is 0 Å². The second-order valence-corrected chi connectivity index (χ2v) is 8.40. The number of ether oxygens (including phenoxy) is 1. The monoisotopic (exact) mass is 413 g/mol. The molecule has 2 heterocycles. The van der Waals surface area contributed by atoms with Gasteiger partial charge in [0.1, 0.15) is 5.75 Å². The molecular weight excluding hydrogens is 378 g/mol. The Labute approximate surface area is 180 Å². The van der Waals surface area contributed by atoms with Crippen LogP contribution in [0.4, 0.5) is 0 Å². The number of amides is 1. The molecule has 1 aromatic heterocycles. The van der Waals surface area contributed by atoms with E-state index in [0.717, 1.165) is 38.1 Å². The van der Waals surface area contributed by atoms with Crippen molar-refractivity contribution >= 4 is 5.91 Å². The second kappa shape index (κ2) is 11.7. The Morgan fingerprint density at radius 2 is 1.80 bits per heavy atom. The van der Waals surface area contributed by atoms with E-state index in [1.54, 1.807) is 0 Å². The third kappa shape index (κ3) is 6.85. The molecule has 2 aromatic rings. The highest BCUT2D eigenvalue weighted by molar-refractivity contribution is 5.76. The van der Waals surface area contributed by atoms with Crippen molar-refractivity contribution in [2.45, 2.75) is 77.6 Å². The van der Waals surface area contributed by atoms with E-state index in [4.69, 9.17) is 9.15 Å². The standard InChI is InChI=1S/C24H35N3O3/c1-19(2)24-26-25-22(30-24)14-15-23(28)27-16-9-5-3-4-6-11-20-12-7-8-13-21(20)29-18-10-17-27/h7-8,12-13,19H,3-6,9-11,14-18H2,1-2H3. The first kappa shape index (κ1) is 22.3. The van der Waals surface area contributed by atoms with Crippen LogP contribution in [0.1, 0.15) is 82.1 Å². The molecule has 1 aromatic carbocycles. The van der Waals surface area contributed by atoms with Crippen LogP contribution in [-0.4, -0.2) is 40.7 Å². The van der Waals surface area contributed by atoms with E-state index in [9.17, 15) is 4.79 Å². The molecule has 0 radical (unpaired) electrons. The summed E-state index contributed by atoms with van der Waals surface area (Å²) in [6.45, 7) is 6.20. The van der Waals surface area contributed by atoms with Crippen LogP contribution in [0, 0.1) is 0 Å². The summed E-state index contributed by atoms with van der Waals surface area (Å²) >= 11 is 0. The van der Waals surface area contributed by atoms with Crippen molar-refractivity contribution < 1.29 is 13.9 Å². The SMILES string of the molecule is CC(C)c1nnc(CCC(=O)N2CCCCCCCc3ccccc3OCCC2)o1. The fraction of sp³-hybridized carbons (Fsp3) is 0.625. The van der Waals surface area contributed by atoms with Crippen LogP contribution >= 0.6 is 0 Å². The van der Waals surface area contributed by atoms with Crippen LogP contribution in [0.5, 0.6) is 5.75 Å². The molecule has 1 amide bonds. The van der Waals surface area contributed by atoms with Crippen molar-refractivity contribution in [2.24, 2.45) is 0 Å². The molecule has 6 heteroatoms. The van der Waals surface area contributed by atoms with Gasteiger partial charge in [-0.05, 0) is 37.3 Å². The van der Waals surface area contributed by atoms with Crippen molar-refractivity contribution in [3.05, 3.63) is 41.6 Å². The lowest BCUT2D eigenvalue weighted by atomic mass is 10.0. The minimum absolute atomic E-state index is 0.159. The Balaban J connectivity index is 1.54. The molecule has 1 aliphatic rings. The highest BCUT2D eigenvalue weighted by atomic mass is 16.5. The number of fused-ring (bicyclic) bond motifs is 1. The van der Waals surface area contributed by atoms with Gasteiger partial charge in [-0.1, -0.05) is 51.3 Å². The molecule has 0 aliphatic carbocycles. The maximum atomic E-state index is 12.8. The van der Waals surface area contributed by atoms with Crippen LogP contribution in [0.3, 0.4) is 0 Å². The molecule has 0 saturated carbocycles. The maximum absolute atomic E-state index is 12.8. The van der Waals surface area contributed by atoms with Crippen molar-refractivity contribution in [1.82, 2.24) is 15.1 Å². The lowest BCUT2D eigenvalue weighted by Gasteiger charge is -2.23. The number of aryl methyl sites for hydroxylation is 2. The Bertz CT molecular complexity index is 788. The van der Waals surface area contributed by atoms with Gasteiger partial charge in [-0.25, -0.2) is 0 Å². The number of benzene rings is 1. The Morgan fingerprint density at radius 1 is 1.03 bits per heavy atom. The molecular formula is C24H35N3O3. The van der Waals surface area contributed by atoms with E-state index < -0.39 is 0 Å². The predicted octanol–water partition coefficient (Wildman–Crippen LogP) is 4.93. The van der Waals surface area contributed by atoms with Crippen molar-refractivity contribution in [3.63, 3.8) is 0 Å². The number of carbonyl (C=O) groups excluding carboxylic acids is 1. The van der Waals surface area contributed by atoms with E-state index in [0.29, 0.717) is 31.2 Å². The zero-order valence-electron chi connectivity index (χ0n) is 18.4. The fourth-order valence-corrected chi connectivity index (χ4v) is 3.77. The second-order valence-electron chi connectivity index (χ2n) is 8.40. The van der Waals surface area contributed by atoms with E-state index >= 15 is 0 Å². The number of hydrogen-bond donors (Lipinski definition) is 0. The number of carbonyl (C=O) groups is 1. The number of hydrogen-bond acceptors (Lipinski definition) is 5. The van der Waals surface area contributed by atoms with Crippen molar-refractivity contribution in [3.8, 4) is 5.75 Å². The summed E-state index contributed by atoms with van der Waals surface area (Å²) in [4.78, 5) is 14.8. The largest absolute Gasteiger partial charge is 0.493 e. The minimum Gasteiger partial charge on any atom is -0.493 e. The summed E-state index contributed by atoms with van der Waals surface area (Å²) in [6.07, 6.45) is 8.66. The highest BCUT2D eigenvalue weighted by Crippen LogP contribution is 2.21. The van der Waals surface area contributed by atoms with Gasteiger partial charge in [0.05, 0.1) is 6.61 Å². The molecule has 0 saturated heterocycles. The summed E-state index contributed by atoms with van der Waals surface area (Å²) in [7, 11) is 0. The molecule has 0 unspecified atom stereocenters. The van der Waals surface area contributed by atoms with Crippen LogP contribution in [0.2, 0.25) is 0 Å². The zero-order valence-corrected chi connectivity index (χ0v) is 18.4. The molecule has 30 heavy (non-hydrogen) atoms. The lowest BCUT2D eigenvalue weighted by molar-refractivity contribution is -0.131. The van der Waals surface area contributed by atoms with Crippen molar-refractivity contribution in [1.29, 1.82) is 0 Å². The molecule has 0 spiro atoms. The quantitative estimate of drug-likeness (QED) is 0.711. The number of aromatic nitrogens is 2. The third-order valence-corrected chi connectivity index (χ3v) is 5.56. The fourth-order valence-electron chi connectivity index (χ4n) is 3.77. The number of rotatable bonds is 4. The molecule has 1 aliphatic heterocycles. The predicted molar refractivity (Wildman–Crippen MR) is 117 cm³/mol. The van der Waals surface area contributed by atoms with Gasteiger partial charge >= 0.3 is 0 Å². The maximum Gasteiger partial charge on any atom is 0.223 e. The number of para-hydroxylation sites is 1. The van der Waals surface area contributed by atoms with E-state index in [2.05, 4.69) is 28.4 Å². The van der Waals surface area contributed by atoms with E-state index in [1.165, 1.54) is 31.2 Å². The molecule has 164 valence electrons. The summed E-state index contributed by atoms with van der Waals surface area (Å²) in [6, 6.07) is 8.33. The van der Waals surface area contributed by atoms with Gasteiger partial charge < -0.3 is 14.1 Å². The first-order valence-corrected chi connectivity index (χ1v) is 11.4. The van der Waals surface area contributed by atoms with Gasteiger partial charge in [-0.3, -0.25) is 4.79 Å². The summed E-state index contributed by atoms with van der Waals surface area (Å²) < 4.78 is 11.7. The summed E-state index contributed by atoms with van der Waals surface area (Å²) in [5.74, 6) is 2.54. The average molecular weight is 414 g/mol. The van der Waals surface area contributed by atoms with Gasteiger partial charge in [0.25, 0.3) is 0 Å². The van der Waals surface area contributed by atoms with Crippen LogP contribution in [0.15, 0.2) is 28.7 Å². The third-order valence-electron chi connectivity index (χ3n) is 5.56. The van der Waals surface area contributed by atoms with Crippen LogP contribution in [-0.2, 0) is 17.6 Å². The van der Waals surface area contributed by atoms with E-state index in [1.807, 2.05) is 24.8 Å². The molecule has 0 bridgehead atoms. The Hall–Kier alpha value is -2.37. The first-order chi connectivity index (χ1) is 14.6. The lowest BCUT2D eigenvalue weighted by Crippen LogP contribution is -2.34. The Kier molecular flexibility index (Phi) is 8.72. The summed E-state index contributed by atoms with van der Waals surface area (Å²) in [5, 5.41) is 8.12. The Morgan fingerprint density at radius 3 is 2.63 bits per heavy atom. The van der Waals surface area contributed by atoms with Crippen molar-refractivity contribution in [2.75, 3.05) is 19.7 Å². The molecule has 0 N–H and O–H groups in total. The number of nitrogens with zero attached hydrogens (tertiary/aromatic N) is 3. The highest BCUT2D eigenvalue weighted by Gasteiger charge is 2.16. The van der Waals surface area contributed by atoms with Gasteiger partial charge in [-0.15, -0.1) is 10.2 Å². The topological polar surface area (TPSA) is 68.5 Å². The van der Waals surface area contributed by atoms with Crippen LogP contribution in [0.25, 0.3) is 0 Å². The van der Waals surface area contributed by atoms with Gasteiger partial charge in [-0.2, -0.15) is 0 Å². The molecule has 6 nitrogen and oxygen atoms in total. The molecule has 3 rings (SSSR count). The average Bonchev–Trinajstić information content (AvgIpc) is 3.23. The smallest absolute Gasteiger partial charge is 0.223 e. The molecule has 0 atom stereocenters. The summed E-state index contributed by atoms with van der Waals surface area (Å²) in [5.41, 5.74) is 1.29. The minimum atomic E-state index is 0.159. The van der Waals surface area contributed by atoms with Crippen LogP contribution < -0.4 is 4.74 Å². The first-order valence-electron chi connectivity index (χ1n) is 11.4. The molecule has 0 fully saturated rings. The van der Waals surface area contributed by atoms with Gasteiger partial charge in [0, 0.05) is 31.8 Å². The van der Waals surface area contributed by atoms with E-state index in [-0.39, 0.29) is 11.8 Å². The van der Waals surface area contributed by atoms with Gasteiger partial charge in [0.2, 0.25) is 17.7 Å².